The van der Waals surface area contributed by atoms with Crippen LogP contribution < -0.4 is 5.32 Å². The van der Waals surface area contributed by atoms with E-state index in [9.17, 15) is 4.79 Å². The fraction of sp³-hybridized carbons (Fsp3) is 0.588. The van der Waals surface area contributed by atoms with E-state index in [0.717, 1.165) is 6.42 Å². The predicted octanol–water partition coefficient (Wildman–Crippen LogP) is 2.87. The second-order valence-electron chi connectivity index (χ2n) is 6.21. The fourth-order valence-corrected chi connectivity index (χ4v) is 3.17. The number of hydrogen-bond acceptors (Lipinski definition) is 2. The molecular weight excluding hydrogens is 248 g/mol. The molecule has 1 N–H and O–H groups in total. The van der Waals surface area contributed by atoms with Crippen molar-refractivity contribution in [1.82, 2.24) is 10.2 Å². The Hall–Kier alpha value is -1.35. The maximum atomic E-state index is 12.4. The highest BCUT2D eigenvalue weighted by Gasteiger charge is 2.44. The molecule has 0 spiro atoms. The summed E-state index contributed by atoms with van der Waals surface area (Å²) >= 11 is 0. The monoisotopic (exact) mass is 272 g/mol. The molecular formula is C17H24N2O. The lowest BCUT2D eigenvalue weighted by atomic mass is 10.1. The molecule has 1 aromatic rings. The van der Waals surface area contributed by atoms with Crippen molar-refractivity contribution in [1.29, 1.82) is 0 Å². The molecule has 3 atom stereocenters. The zero-order chi connectivity index (χ0) is 14.3. The molecule has 1 aliphatic heterocycles. The molecule has 2 aliphatic rings. The Balaban J connectivity index is 1.86. The highest BCUT2D eigenvalue weighted by Crippen LogP contribution is 2.39. The van der Waals surface area contributed by atoms with Gasteiger partial charge in [0.2, 0.25) is 5.91 Å². The van der Waals surface area contributed by atoms with Gasteiger partial charge < -0.3 is 4.90 Å². The number of carbonyl (C=O) groups is 1. The van der Waals surface area contributed by atoms with Crippen LogP contribution in [0.1, 0.15) is 50.9 Å². The van der Waals surface area contributed by atoms with E-state index in [1.165, 1.54) is 24.0 Å². The van der Waals surface area contributed by atoms with Crippen LogP contribution >= 0.6 is 0 Å². The Kier molecular flexibility index (Phi) is 3.55. The number of benzene rings is 1. The van der Waals surface area contributed by atoms with Crippen molar-refractivity contribution >= 4 is 5.91 Å². The summed E-state index contributed by atoms with van der Waals surface area (Å²) in [5, 5.41) is 3.45. The lowest BCUT2D eigenvalue weighted by Crippen LogP contribution is -2.39. The van der Waals surface area contributed by atoms with Gasteiger partial charge in [-0.1, -0.05) is 31.2 Å². The van der Waals surface area contributed by atoms with E-state index in [-0.39, 0.29) is 18.1 Å². The number of rotatable bonds is 4. The van der Waals surface area contributed by atoms with Gasteiger partial charge in [0.15, 0.2) is 0 Å². The van der Waals surface area contributed by atoms with Crippen molar-refractivity contribution in [2.45, 2.75) is 58.3 Å². The maximum absolute atomic E-state index is 12.4. The molecule has 1 saturated carbocycles. The molecule has 1 aromatic carbocycles. The van der Waals surface area contributed by atoms with Gasteiger partial charge in [-0.25, -0.2) is 0 Å². The van der Waals surface area contributed by atoms with Crippen molar-refractivity contribution in [3.63, 3.8) is 0 Å². The van der Waals surface area contributed by atoms with Crippen molar-refractivity contribution in [3.8, 4) is 0 Å². The topological polar surface area (TPSA) is 32.3 Å². The van der Waals surface area contributed by atoms with Crippen LogP contribution in [0.15, 0.2) is 24.3 Å². The third-order valence-corrected chi connectivity index (χ3v) is 4.76. The van der Waals surface area contributed by atoms with Gasteiger partial charge >= 0.3 is 0 Å². The van der Waals surface area contributed by atoms with Gasteiger partial charge in [-0.15, -0.1) is 0 Å². The van der Waals surface area contributed by atoms with Crippen molar-refractivity contribution < 1.29 is 4.79 Å². The van der Waals surface area contributed by atoms with E-state index in [4.69, 9.17) is 0 Å². The number of amides is 1. The first-order chi connectivity index (χ1) is 9.61. The summed E-state index contributed by atoms with van der Waals surface area (Å²) in [6.07, 6.45) is 3.62. The van der Waals surface area contributed by atoms with Crippen LogP contribution in [0.3, 0.4) is 0 Å². The van der Waals surface area contributed by atoms with Gasteiger partial charge in [-0.2, -0.15) is 0 Å². The standard InChI is InChI=1S/C17H24N2O/c1-4-13-5-7-15(8-6-13)16-18-11(2)17(20)19(16)12(3)14-9-10-14/h5-8,11-12,14,16,18H,4,9-10H2,1-3H3. The zero-order valence-corrected chi connectivity index (χ0v) is 12.6. The van der Waals surface area contributed by atoms with Gasteiger partial charge in [0.1, 0.15) is 6.17 Å². The molecule has 3 heteroatoms. The van der Waals surface area contributed by atoms with Gasteiger partial charge in [0, 0.05) is 6.04 Å². The van der Waals surface area contributed by atoms with Crippen molar-refractivity contribution in [2.24, 2.45) is 5.92 Å². The van der Waals surface area contributed by atoms with E-state index >= 15 is 0 Å². The molecule has 0 radical (unpaired) electrons. The lowest BCUT2D eigenvalue weighted by Gasteiger charge is -2.31. The Morgan fingerprint density at radius 3 is 2.50 bits per heavy atom. The van der Waals surface area contributed by atoms with Gasteiger partial charge in [-0.3, -0.25) is 10.1 Å². The first-order valence-corrected chi connectivity index (χ1v) is 7.79. The molecule has 1 heterocycles. The first kappa shape index (κ1) is 13.6. The normalized spacial score (nSPS) is 27.9. The second kappa shape index (κ2) is 5.21. The van der Waals surface area contributed by atoms with Crippen LogP contribution in [-0.2, 0) is 11.2 Å². The SMILES string of the molecule is CCc1ccc(C2NC(C)C(=O)N2C(C)C2CC2)cc1. The molecule has 108 valence electrons. The summed E-state index contributed by atoms with van der Waals surface area (Å²) in [5.74, 6) is 0.942. The largest absolute Gasteiger partial charge is 0.319 e. The Labute approximate surface area is 121 Å². The van der Waals surface area contributed by atoms with Crippen LogP contribution in [0.5, 0.6) is 0 Å². The number of nitrogens with zero attached hydrogens (tertiary/aromatic N) is 1. The van der Waals surface area contributed by atoms with Crippen LogP contribution in [0, 0.1) is 5.92 Å². The van der Waals surface area contributed by atoms with Crippen LogP contribution in [0.25, 0.3) is 0 Å². The molecule has 0 bridgehead atoms. The quantitative estimate of drug-likeness (QED) is 0.914. The molecule has 20 heavy (non-hydrogen) atoms. The van der Waals surface area contributed by atoms with Gasteiger partial charge in [0.25, 0.3) is 0 Å². The molecule has 2 fully saturated rings. The molecule has 1 saturated heterocycles. The average Bonchev–Trinajstić information content (AvgIpc) is 3.26. The molecule has 0 aromatic heterocycles. The fourth-order valence-electron chi connectivity index (χ4n) is 3.17. The molecule has 1 aliphatic carbocycles. The Morgan fingerprint density at radius 2 is 1.95 bits per heavy atom. The van der Waals surface area contributed by atoms with Crippen LogP contribution in [0.2, 0.25) is 0 Å². The van der Waals surface area contributed by atoms with E-state index in [1.807, 2.05) is 6.92 Å². The Morgan fingerprint density at radius 1 is 1.30 bits per heavy atom. The minimum absolute atomic E-state index is 0.0407. The number of aryl methyl sites for hydroxylation is 1. The van der Waals surface area contributed by atoms with E-state index in [2.05, 4.69) is 48.3 Å². The van der Waals surface area contributed by atoms with Crippen molar-refractivity contribution in [2.75, 3.05) is 0 Å². The summed E-state index contributed by atoms with van der Waals surface area (Å²) in [6, 6.07) is 8.93. The summed E-state index contributed by atoms with van der Waals surface area (Å²) in [6.45, 7) is 6.33. The lowest BCUT2D eigenvalue weighted by molar-refractivity contribution is -0.132. The highest BCUT2D eigenvalue weighted by atomic mass is 16.2. The number of nitrogens with one attached hydrogen (secondary N) is 1. The molecule has 1 amide bonds. The highest BCUT2D eigenvalue weighted by molar-refractivity contribution is 5.84. The molecule has 3 unspecified atom stereocenters. The smallest absolute Gasteiger partial charge is 0.241 e. The van der Waals surface area contributed by atoms with Crippen molar-refractivity contribution in [3.05, 3.63) is 35.4 Å². The average molecular weight is 272 g/mol. The summed E-state index contributed by atoms with van der Waals surface area (Å²) in [4.78, 5) is 14.5. The molecule has 3 nitrogen and oxygen atoms in total. The zero-order valence-electron chi connectivity index (χ0n) is 12.6. The Bertz CT molecular complexity index is 492. The van der Waals surface area contributed by atoms with E-state index in [0.29, 0.717) is 12.0 Å². The number of hydrogen-bond donors (Lipinski definition) is 1. The summed E-state index contributed by atoms with van der Waals surface area (Å²) in [5.41, 5.74) is 2.54. The third kappa shape index (κ3) is 2.35. The minimum atomic E-state index is -0.0768. The summed E-state index contributed by atoms with van der Waals surface area (Å²) in [7, 11) is 0. The third-order valence-electron chi connectivity index (χ3n) is 4.76. The van der Waals surface area contributed by atoms with E-state index in [1.54, 1.807) is 0 Å². The maximum Gasteiger partial charge on any atom is 0.241 e. The van der Waals surface area contributed by atoms with Crippen LogP contribution in [0.4, 0.5) is 0 Å². The van der Waals surface area contributed by atoms with Crippen LogP contribution in [-0.4, -0.2) is 22.9 Å². The van der Waals surface area contributed by atoms with E-state index < -0.39 is 0 Å². The van der Waals surface area contributed by atoms with Gasteiger partial charge in [0.05, 0.1) is 6.04 Å². The van der Waals surface area contributed by atoms with Gasteiger partial charge in [-0.05, 0) is 50.2 Å². The number of carbonyl (C=O) groups excluding carboxylic acids is 1. The predicted molar refractivity (Wildman–Crippen MR) is 80.2 cm³/mol. The second-order valence-corrected chi connectivity index (χ2v) is 6.21. The first-order valence-electron chi connectivity index (χ1n) is 7.79. The molecule has 3 rings (SSSR count). The minimum Gasteiger partial charge on any atom is -0.319 e. The summed E-state index contributed by atoms with van der Waals surface area (Å²) < 4.78 is 0.